The number of piperidine rings is 1. The molecule has 1 amide bonds. The number of aromatic nitrogens is 2. The lowest BCUT2D eigenvalue weighted by atomic mass is 9.95. The van der Waals surface area contributed by atoms with Gasteiger partial charge >= 0.3 is 5.82 Å². The number of imidazole rings is 1. The van der Waals surface area contributed by atoms with E-state index in [9.17, 15) is 14.9 Å². The van der Waals surface area contributed by atoms with Gasteiger partial charge in [0.15, 0.2) is 0 Å². The van der Waals surface area contributed by atoms with Crippen molar-refractivity contribution in [3.05, 3.63) is 22.1 Å². The van der Waals surface area contributed by atoms with Crippen LogP contribution in [0.5, 0.6) is 0 Å². The molecular formula is C13H22ClN5O3. The molecule has 124 valence electrons. The maximum absolute atomic E-state index is 12.0. The molecule has 2 heterocycles. The van der Waals surface area contributed by atoms with Crippen molar-refractivity contribution in [1.82, 2.24) is 20.2 Å². The Kier molecular flexibility index (Phi) is 6.76. The molecule has 1 aromatic rings. The summed E-state index contributed by atoms with van der Waals surface area (Å²) in [5.41, 5.74) is 0. The summed E-state index contributed by atoms with van der Waals surface area (Å²) < 4.78 is 1.64. The Balaban J connectivity index is 0.00000242. The molecule has 1 fully saturated rings. The first-order chi connectivity index (χ1) is 9.97. The van der Waals surface area contributed by atoms with Crippen LogP contribution in [0, 0.1) is 23.0 Å². The highest BCUT2D eigenvalue weighted by atomic mass is 35.5. The zero-order valence-electron chi connectivity index (χ0n) is 12.7. The van der Waals surface area contributed by atoms with Crippen LogP contribution in [0.15, 0.2) is 6.20 Å². The SMILES string of the molecule is Cc1nc([N+](=O)[O-])cn1CCC(=O)NC1CNCCC1C.Cl. The number of aryl methyl sites for hydroxylation is 2. The molecule has 8 nitrogen and oxygen atoms in total. The number of nitrogens with zero attached hydrogens (tertiary/aromatic N) is 3. The lowest BCUT2D eigenvalue weighted by molar-refractivity contribution is -0.389. The van der Waals surface area contributed by atoms with E-state index < -0.39 is 4.92 Å². The fraction of sp³-hybridized carbons (Fsp3) is 0.692. The number of carbonyl (C=O) groups is 1. The molecule has 1 aromatic heterocycles. The molecule has 0 spiro atoms. The first-order valence-corrected chi connectivity index (χ1v) is 7.15. The number of rotatable bonds is 5. The molecule has 2 N–H and O–H groups in total. The summed E-state index contributed by atoms with van der Waals surface area (Å²) in [6.45, 7) is 6.01. The van der Waals surface area contributed by atoms with E-state index in [0.717, 1.165) is 19.5 Å². The summed E-state index contributed by atoms with van der Waals surface area (Å²) in [7, 11) is 0. The average molecular weight is 332 g/mol. The Morgan fingerprint density at radius 1 is 1.64 bits per heavy atom. The van der Waals surface area contributed by atoms with E-state index in [1.807, 2.05) is 0 Å². The Labute approximate surface area is 135 Å². The number of hydrogen-bond acceptors (Lipinski definition) is 5. The highest BCUT2D eigenvalue weighted by Gasteiger charge is 2.22. The minimum absolute atomic E-state index is 0. The van der Waals surface area contributed by atoms with Crippen LogP contribution in [0.1, 0.15) is 25.6 Å². The van der Waals surface area contributed by atoms with Crippen molar-refractivity contribution in [1.29, 1.82) is 0 Å². The standard InChI is InChI=1S/C13H21N5O3.ClH/c1-9-3-5-14-7-11(9)16-13(19)4-6-17-8-12(18(20)21)15-10(17)2;/h8-9,11,14H,3-7H2,1-2H3,(H,16,19);1H. The molecule has 22 heavy (non-hydrogen) atoms. The predicted molar refractivity (Wildman–Crippen MR) is 84.1 cm³/mol. The molecule has 0 saturated carbocycles. The van der Waals surface area contributed by atoms with Crippen LogP contribution in [0.2, 0.25) is 0 Å². The second-order valence-electron chi connectivity index (χ2n) is 5.49. The number of hydrogen-bond donors (Lipinski definition) is 2. The minimum Gasteiger partial charge on any atom is -0.358 e. The van der Waals surface area contributed by atoms with E-state index in [4.69, 9.17) is 0 Å². The van der Waals surface area contributed by atoms with Gasteiger partial charge in [-0.25, -0.2) is 0 Å². The van der Waals surface area contributed by atoms with Gasteiger partial charge in [-0.05, 0) is 28.8 Å². The molecule has 0 radical (unpaired) electrons. The predicted octanol–water partition coefficient (Wildman–Crippen LogP) is 1.03. The zero-order chi connectivity index (χ0) is 15.4. The third kappa shape index (κ3) is 4.67. The number of carbonyl (C=O) groups excluding carboxylic acids is 1. The van der Waals surface area contributed by atoms with Crippen LogP contribution in [-0.2, 0) is 11.3 Å². The second kappa shape index (κ2) is 8.09. The summed E-state index contributed by atoms with van der Waals surface area (Å²) in [4.78, 5) is 25.9. The van der Waals surface area contributed by atoms with Crippen LogP contribution in [0.25, 0.3) is 0 Å². The number of nitro groups is 1. The van der Waals surface area contributed by atoms with Crippen molar-refractivity contribution >= 4 is 24.1 Å². The molecule has 2 rings (SSSR count). The topological polar surface area (TPSA) is 102 Å². The van der Waals surface area contributed by atoms with Crippen LogP contribution in [0.3, 0.4) is 0 Å². The van der Waals surface area contributed by atoms with Crippen molar-refractivity contribution in [2.24, 2.45) is 5.92 Å². The Bertz CT molecular complexity index is 534. The van der Waals surface area contributed by atoms with Gasteiger partial charge in [-0.1, -0.05) is 6.92 Å². The normalized spacial score (nSPS) is 21.0. The van der Waals surface area contributed by atoms with Gasteiger partial charge in [0.2, 0.25) is 11.7 Å². The fourth-order valence-electron chi connectivity index (χ4n) is 2.49. The molecular weight excluding hydrogens is 310 g/mol. The van der Waals surface area contributed by atoms with Crippen LogP contribution in [-0.4, -0.2) is 39.5 Å². The van der Waals surface area contributed by atoms with Crippen LogP contribution < -0.4 is 10.6 Å². The van der Waals surface area contributed by atoms with Gasteiger partial charge in [-0.15, -0.1) is 12.4 Å². The summed E-state index contributed by atoms with van der Waals surface area (Å²) in [5, 5.41) is 16.9. The van der Waals surface area contributed by atoms with Crippen molar-refractivity contribution in [3.8, 4) is 0 Å². The molecule has 9 heteroatoms. The van der Waals surface area contributed by atoms with Gasteiger partial charge in [0.1, 0.15) is 6.20 Å². The van der Waals surface area contributed by atoms with Gasteiger partial charge in [0, 0.05) is 32.5 Å². The molecule has 0 aromatic carbocycles. The fourth-order valence-corrected chi connectivity index (χ4v) is 2.49. The molecule has 0 bridgehead atoms. The van der Waals surface area contributed by atoms with Crippen molar-refractivity contribution < 1.29 is 9.72 Å². The first-order valence-electron chi connectivity index (χ1n) is 7.15. The Morgan fingerprint density at radius 3 is 2.95 bits per heavy atom. The summed E-state index contributed by atoms with van der Waals surface area (Å²) >= 11 is 0. The summed E-state index contributed by atoms with van der Waals surface area (Å²) in [6, 6.07) is 0.157. The monoisotopic (exact) mass is 331 g/mol. The average Bonchev–Trinajstić information content (AvgIpc) is 2.81. The van der Waals surface area contributed by atoms with Gasteiger partial charge < -0.3 is 25.3 Å². The maximum atomic E-state index is 12.0. The molecule has 1 aliphatic heterocycles. The van der Waals surface area contributed by atoms with E-state index in [-0.39, 0.29) is 36.6 Å². The maximum Gasteiger partial charge on any atom is 0.381 e. The van der Waals surface area contributed by atoms with E-state index in [1.54, 1.807) is 11.5 Å². The molecule has 1 aliphatic rings. The van der Waals surface area contributed by atoms with E-state index in [2.05, 4.69) is 22.5 Å². The molecule has 0 aliphatic carbocycles. The zero-order valence-corrected chi connectivity index (χ0v) is 13.6. The van der Waals surface area contributed by atoms with E-state index in [0.29, 0.717) is 18.3 Å². The molecule has 2 atom stereocenters. The van der Waals surface area contributed by atoms with Gasteiger partial charge in [0.25, 0.3) is 0 Å². The van der Waals surface area contributed by atoms with E-state index >= 15 is 0 Å². The third-order valence-corrected chi connectivity index (χ3v) is 3.90. The van der Waals surface area contributed by atoms with Gasteiger partial charge in [0.05, 0.1) is 0 Å². The van der Waals surface area contributed by atoms with Crippen LogP contribution >= 0.6 is 12.4 Å². The smallest absolute Gasteiger partial charge is 0.358 e. The molecule has 2 unspecified atom stereocenters. The Hall–Kier alpha value is -1.67. The highest BCUT2D eigenvalue weighted by Crippen LogP contribution is 2.12. The van der Waals surface area contributed by atoms with Crippen molar-refractivity contribution in [2.75, 3.05) is 13.1 Å². The second-order valence-corrected chi connectivity index (χ2v) is 5.49. The Morgan fingerprint density at radius 2 is 2.36 bits per heavy atom. The first kappa shape index (κ1) is 18.4. The van der Waals surface area contributed by atoms with Crippen molar-refractivity contribution in [3.63, 3.8) is 0 Å². The molecule has 1 saturated heterocycles. The number of halogens is 1. The summed E-state index contributed by atoms with van der Waals surface area (Å²) in [5.74, 6) is 0.790. The largest absolute Gasteiger partial charge is 0.381 e. The lowest BCUT2D eigenvalue weighted by Gasteiger charge is -2.30. The van der Waals surface area contributed by atoms with Gasteiger partial charge in [-0.2, -0.15) is 0 Å². The minimum atomic E-state index is -0.529. The quantitative estimate of drug-likeness (QED) is 0.619. The number of amides is 1. The highest BCUT2D eigenvalue weighted by molar-refractivity contribution is 5.85. The number of nitrogens with one attached hydrogen (secondary N) is 2. The van der Waals surface area contributed by atoms with Crippen molar-refractivity contribution in [2.45, 2.75) is 39.3 Å². The summed E-state index contributed by atoms with van der Waals surface area (Å²) in [6.07, 6.45) is 2.71. The van der Waals surface area contributed by atoms with Crippen LogP contribution in [0.4, 0.5) is 5.82 Å². The van der Waals surface area contributed by atoms with E-state index in [1.165, 1.54) is 6.20 Å². The lowest BCUT2D eigenvalue weighted by Crippen LogP contribution is -2.50. The third-order valence-electron chi connectivity index (χ3n) is 3.90. The van der Waals surface area contributed by atoms with Gasteiger partial charge in [-0.3, -0.25) is 4.79 Å².